The lowest BCUT2D eigenvalue weighted by molar-refractivity contribution is -0.136. The number of hydrogen-bond acceptors (Lipinski definition) is 6. The molecule has 1 atom stereocenters. The van der Waals surface area contributed by atoms with Crippen molar-refractivity contribution in [1.29, 1.82) is 0 Å². The Morgan fingerprint density at radius 3 is 2.68 bits per heavy atom. The minimum absolute atomic E-state index is 0.166. The van der Waals surface area contributed by atoms with Gasteiger partial charge in [0.2, 0.25) is 11.8 Å². The van der Waals surface area contributed by atoms with Crippen LogP contribution < -0.4 is 15.8 Å². The minimum atomic E-state index is -0.590. The maximum absolute atomic E-state index is 12.7. The summed E-state index contributed by atoms with van der Waals surface area (Å²) in [6.07, 6.45) is 2.67. The van der Waals surface area contributed by atoms with Crippen LogP contribution >= 0.6 is 0 Å². The first-order valence-corrected chi connectivity index (χ1v) is 9.89. The van der Waals surface area contributed by atoms with E-state index in [0.29, 0.717) is 31.2 Å². The molecule has 0 spiro atoms. The van der Waals surface area contributed by atoms with Crippen LogP contribution in [0.2, 0.25) is 0 Å². The van der Waals surface area contributed by atoms with E-state index in [1.807, 2.05) is 6.07 Å². The van der Waals surface area contributed by atoms with E-state index >= 15 is 0 Å². The Balaban J connectivity index is 1.34. The number of benzene rings is 1. The molecule has 1 aromatic carbocycles. The summed E-state index contributed by atoms with van der Waals surface area (Å²) >= 11 is 0. The number of likely N-dealkylation sites (tertiary alicyclic amines) is 1. The average Bonchev–Trinajstić information content (AvgIpc) is 2.99. The van der Waals surface area contributed by atoms with Crippen molar-refractivity contribution in [3.05, 3.63) is 29.3 Å². The molecule has 150 valence electrons. The van der Waals surface area contributed by atoms with Gasteiger partial charge in [0, 0.05) is 31.1 Å². The van der Waals surface area contributed by atoms with E-state index in [2.05, 4.69) is 10.2 Å². The van der Waals surface area contributed by atoms with Gasteiger partial charge in [-0.3, -0.25) is 24.6 Å². The van der Waals surface area contributed by atoms with Gasteiger partial charge in [0.25, 0.3) is 5.91 Å². The highest BCUT2D eigenvalue weighted by Gasteiger charge is 2.39. The quantitative estimate of drug-likeness (QED) is 0.703. The van der Waals surface area contributed by atoms with E-state index in [-0.39, 0.29) is 18.2 Å². The van der Waals surface area contributed by atoms with E-state index in [1.165, 1.54) is 0 Å². The number of ether oxygens (including phenoxy) is 1. The summed E-state index contributed by atoms with van der Waals surface area (Å²) in [6.45, 7) is 3.81. The summed E-state index contributed by atoms with van der Waals surface area (Å²) in [6, 6.07) is 5.17. The Kier molecular flexibility index (Phi) is 5.32. The van der Waals surface area contributed by atoms with E-state index in [1.54, 1.807) is 17.0 Å². The minimum Gasteiger partial charge on any atom is -0.492 e. The SMILES string of the molecule is NC1CCN(CCOc2ccc3c(c2)CN(C2CCC(=O)NC2=O)C3=O)CC1. The number of nitrogens with zero attached hydrogens (tertiary/aromatic N) is 2. The second kappa shape index (κ2) is 7.89. The molecule has 0 radical (unpaired) electrons. The zero-order valence-electron chi connectivity index (χ0n) is 15.9. The summed E-state index contributed by atoms with van der Waals surface area (Å²) in [5.41, 5.74) is 7.39. The summed E-state index contributed by atoms with van der Waals surface area (Å²) < 4.78 is 5.89. The van der Waals surface area contributed by atoms with Crippen LogP contribution in [0.15, 0.2) is 18.2 Å². The molecular weight excluding hydrogens is 360 g/mol. The van der Waals surface area contributed by atoms with Crippen molar-refractivity contribution in [3.8, 4) is 5.75 Å². The highest BCUT2D eigenvalue weighted by Crippen LogP contribution is 2.30. The van der Waals surface area contributed by atoms with Crippen molar-refractivity contribution >= 4 is 17.7 Å². The van der Waals surface area contributed by atoms with E-state index < -0.39 is 11.9 Å². The number of carbonyl (C=O) groups is 3. The Hall–Kier alpha value is -2.45. The monoisotopic (exact) mass is 386 g/mol. The molecule has 0 bridgehead atoms. The number of nitrogens with two attached hydrogens (primary N) is 1. The largest absolute Gasteiger partial charge is 0.492 e. The van der Waals surface area contributed by atoms with Gasteiger partial charge in [0.15, 0.2) is 0 Å². The first-order valence-electron chi connectivity index (χ1n) is 9.89. The lowest BCUT2D eigenvalue weighted by atomic mass is 10.0. The van der Waals surface area contributed by atoms with Crippen molar-refractivity contribution < 1.29 is 19.1 Å². The predicted octanol–water partition coefficient (Wildman–Crippen LogP) is 0.250. The Morgan fingerprint density at radius 2 is 1.93 bits per heavy atom. The lowest BCUT2D eigenvalue weighted by Crippen LogP contribution is -2.52. The average molecular weight is 386 g/mol. The van der Waals surface area contributed by atoms with Gasteiger partial charge in [-0.25, -0.2) is 0 Å². The smallest absolute Gasteiger partial charge is 0.255 e. The zero-order chi connectivity index (χ0) is 19.7. The molecule has 3 aliphatic rings. The number of carbonyl (C=O) groups excluding carboxylic acids is 3. The van der Waals surface area contributed by atoms with Crippen molar-refractivity contribution in [1.82, 2.24) is 15.1 Å². The highest BCUT2D eigenvalue weighted by atomic mass is 16.5. The molecule has 0 aromatic heterocycles. The van der Waals surface area contributed by atoms with Crippen LogP contribution in [0.1, 0.15) is 41.6 Å². The molecular formula is C20H26N4O4. The number of nitrogens with one attached hydrogen (secondary N) is 1. The molecule has 28 heavy (non-hydrogen) atoms. The molecule has 4 rings (SSSR count). The number of fused-ring (bicyclic) bond motifs is 1. The van der Waals surface area contributed by atoms with Gasteiger partial charge in [-0.1, -0.05) is 0 Å². The predicted molar refractivity (Wildman–Crippen MR) is 102 cm³/mol. The number of imide groups is 1. The van der Waals surface area contributed by atoms with Crippen molar-refractivity contribution in [3.63, 3.8) is 0 Å². The lowest BCUT2D eigenvalue weighted by Gasteiger charge is -2.29. The van der Waals surface area contributed by atoms with Gasteiger partial charge in [0.1, 0.15) is 18.4 Å². The van der Waals surface area contributed by atoms with Crippen molar-refractivity contribution in [2.45, 2.75) is 44.3 Å². The van der Waals surface area contributed by atoms with Crippen LogP contribution in [0.3, 0.4) is 0 Å². The van der Waals surface area contributed by atoms with Crippen LogP contribution in [0.25, 0.3) is 0 Å². The summed E-state index contributed by atoms with van der Waals surface area (Å²) in [5.74, 6) is -0.113. The van der Waals surface area contributed by atoms with Crippen molar-refractivity contribution in [2.24, 2.45) is 5.73 Å². The summed E-state index contributed by atoms with van der Waals surface area (Å²) in [7, 11) is 0. The normalized spacial score (nSPS) is 23.7. The molecule has 0 saturated carbocycles. The van der Waals surface area contributed by atoms with Gasteiger partial charge >= 0.3 is 0 Å². The fourth-order valence-electron chi connectivity index (χ4n) is 4.11. The number of hydrogen-bond donors (Lipinski definition) is 2. The van der Waals surface area contributed by atoms with Gasteiger partial charge in [-0.15, -0.1) is 0 Å². The molecule has 8 heteroatoms. The third-order valence-corrected chi connectivity index (χ3v) is 5.80. The van der Waals surface area contributed by atoms with Crippen molar-refractivity contribution in [2.75, 3.05) is 26.2 Å². The molecule has 1 aromatic rings. The molecule has 3 amide bonds. The van der Waals surface area contributed by atoms with E-state index in [0.717, 1.165) is 43.8 Å². The topological polar surface area (TPSA) is 105 Å². The van der Waals surface area contributed by atoms with Gasteiger partial charge < -0.3 is 15.4 Å². The Bertz CT molecular complexity index is 788. The van der Waals surface area contributed by atoms with Crippen LogP contribution in [-0.2, 0) is 16.1 Å². The molecule has 3 heterocycles. The molecule has 2 fully saturated rings. The third-order valence-electron chi connectivity index (χ3n) is 5.80. The maximum Gasteiger partial charge on any atom is 0.255 e. The number of rotatable bonds is 5. The van der Waals surface area contributed by atoms with E-state index in [4.69, 9.17) is 10.5 Å². The van der Waals surface area contributed by atoms with E-state index in [9.17, 15) is 14.4 Å². The molecule has 0 aliphatic carbocycles. The molecule has 3 aliphatic heterocycles. The zero-order valence-corrected chi connectivity index (χ0v) is 15.9. The first kappa shape index (κ1) is 18.9. The second-order valence-electron chi connectivity index (χ2n) is 7.75. The van der Waals surface area contributed by atoms with Crippen LogP contribution in [0.5, 0.6) is 5.75 Å². The second-order valence-corrected chi connectivity index (χ2v) is 7.75. The highest BCUT2D eigenvalue weighted by molar-refractivity contribution is 6.05. The van der Waals surface area contributed by atoms with Crippen LogP contribution in [0, 0.1) is 0 Å². The third kappa shape index (κ3) is 3.88. The fraction of sp³-hybridized carbons (Fsp3) is 0.550. The standard InChI is InChI=1S/C20H26N4O4/c21-14-5-7-23(8-6-14)9-10-28-15-1-2-16-13(11-15)12-24(20(16)27)17-3-4-18(25)22-19(17)26/h1-2,11,14,17H,3-10,12,21H2,(H,22,25,26). The number of piperidine rings is 2. The molecule has 3 N–H and O–H groups in total. The molecule has 2 saturated heterocycles. The van der Waals surface area contributed by atoms with Gasteiger partial charge in [-0.2, -0.15) is 0 Å². The Morgan fingerprint density at radius 1 is 1.14 bits per heavy atom. The molecule has 8 nitrogen and oxygen atoms in total. The van der Waals surface area contributed by atoms with Crippen LogP contribution in [0.4, 0.5) is 0 Å². The Labute approximate surface area is 164 Å². The number of amides is 3. The fourth-order valence-corrected chi connectivity index (χ4v) is 4.11. The van der Waals surface area contributed by atoms with Gasteiger partial charge in [-0.05, 0) is 56.1 Å². The summed E-state index contributed by atoms with van der Waals surface area (Å²) in [4.78, 5) is 40.0. The maximum atomic E-state index is 12.7. The van der Waals surface area contributed by atoms with Gasteiger partial charge in [0.05, 0.1) is 0 Å². The first-order chi connectivity index (χ1) is 13.5. The summed E-state index contributed by atoms with van der Waals surface area (Å²) in [5, 5.41) is 2.32. The molecule has 1 unspecified atom stereocenters. The van der Waals surface area contributed by atoms with Crippen LogP contribution in [-0.4, -0.2) is 65.8 Å².